The molecule has 0 bridgehead atoms. The van der Waals surface area contributed by atoms with E-state index < -0.39 is 0 Å². The summed E-state index contributed by atoms with van der Waals surface area (Å²) in [6.07, 6.45) is 26.6. The zero-order chi connectivity index (χ0) is 18.4. The third-order valence-electron chi connectivity index (χ3n) is 4.74. The number of primary amides is 1. The smallest absolute Gasteiger partial charge is 0.217 e. The van der Waals surface area contributed by atoms with Gasteiger partial charge in [0.15, 0.2) is 0 Å². The van der Waals surface area contributed by atoms with Crippen molar-refractivity contribution in [2.45, 2.75) is 116 Å². The number of aliphatic hydroxyl groups is 1. The van der Waals surface area contributed by atoms with Gasteiger partial charge in [-0.25, -0.2) is 0 Å². The van der Waals surface area contributed by atoms with Gasteiger partial charge in [-0.2, -0.15) is 0 Å². The molecule has 0 rings (SSSR count). The summed E-state index contributed by atoms with van der Waals surface area (Å²) in [6.45, 7) is 0.348. The SMILES string of the molecule is NC(=O)CCCCCCCCCCC/C=C\CCCCCCCCO. The number of allylic oxidation sites excluding steroid dienone is 2. The van der Waals surface area contributed by atoms with Crippen LogP contribution in [0.5, 0.6) is 0 Å². The molecule has 3 heteroatoms. The van der Waals surface area contributed by atoms with E-state index in [1.54, 1.807) is 0 Å². The lowest BCUT2D eigenvalue weighted by molar-refractivity contribution is -0.118. The second kappa shape index (κ2) is 21.2. The number of hydrogen-bond acceptors (Lipinski definition) is 2. The molecular formula is C22H43NO2. The maximum absolute atomic E-state index is 10.6. The number of rotatable bonds is 20. The Morgan fingerprint density at radius 1 is 0.600 bits per heavy atom. The normalized spacial score (nSPS) is 11.4. The van der Waals surface area contributed by atoms with Crippen LogP contribution in [0.1, 0.15) is 116 Å². The van der Waals surface area contributed by atoms with Crippen molar-refractivity contribution in [3.63, 3.8) is 0 Å². The van der Waals surface area contributed by atoms with Crippen molar-refractivity contribution in [1.82, 2.24) is 0 Å². The molecule has 0 aromatic heterocycles. The van der Waals surface area contributed by atoms with Gasteiger partial charge < -0.3 is 10.8 Å². The Morgan fingerprint density at radius 2 is 0.960 bits per heavy atom. The van der Waals surface area contributed by atoms with Crippen molar-refractivity contribution in [2.24, 2.45) is 5.73 Å². The molecule has 3 nitrogen and oxygen atoms in total. The van der Waals surface area contributed by atoms with Gasteiger partial charge in [0.1, 0.15) is 0 Å². The van der Waals surface area contributed by atoms with E-state index in [-0.39, 0.29) is 5.91 Å². The van der Waals surface area contributed by atoms with Crippen LogP contribution in [0.15, 0.2) is 12.2 Å². The summed E-state index contributed by atoms with van der Waals surface area (Å²) in [7, 11) is 0. The first-order valence-corrected chi connectivity index (χ1v) is 10.8. The van der Waals surface area contributed by atoms with Gasteiger partial charge in [-0.3, -0.25) is 4.79 Å². The molecule has 0 saturated carbocycles. The predicted molar refractivity (Wildman–Crippen MR) is 109 cm³/mol. The summed E-state index contributed by atoms with van der Waals surface area (Å²) in [6, 6.07) is 0. The van der Waals surface area contributed by atoms with Crippen LogP contribution in [-0.2, 0) is 4.79 Å². The summed E-state index contributed by atoms with van der Waals surface area (Å²) in [4.78, 5) is 10.6. The number of amides is 1. The van der Waals surface area contributed by atoms with E-state index in [1.807, 2.05) is 0 Å². The molecule has 0 aliphatic carbocycles. The topological polar surface area (TPSA) is 63.3 Å². The van der Waals surface area contributed by atoms with Crippen LogP contribution in [-0.4, -0.2) is 17.6 Å². The second-order valence-corrected chi connectivity index (χ2v) is 7.29. The first kappa shape index (κ1) is 24.2. The lowest BCUT2D eigenvalue weighted by Gasteiger charge is -2.01. The Hall–Kier alpha value is -0.830. The van der Waals surface area contributed by atoms with Crippen LogP contribution < -0.4 is 5.73 Å². The molecule has 0 radical (unpaired) electrons. The third kappa shape index (κ3) is 23.2. The maximum atomic E-state index is 10.6. The zero-order valence-electron chi connectivity index (χ0n) is 16.5. The van der Waals surface area contributed by atoms with Crippen molar-refractivity contribution in [2.75, 3.05) is 6.61 Å². The molecule has 0 fully saturated rings. The van der Waals surface area contributed by atoms with E-state index in [2.05, 4.69) is 12.2 Å². The average Bonchev–Trinajstić information content (AvgIpc) is 2.60. The molecule has 0 aromatic rings. The first-order chi connectivity index (χ1) is 12.3. The van der Waals surface area contributed by atoms with Gasteiger partial charge in [-0.15, -0.1) is 0 Å². The van der Waals surface area contributed by atoms with Crippen molar-refractivity contribution >= 4 is 5.91 Å². The number of carbonyl (C=O) groups excluding carboxylic acids is 1. The monoisotopic (exact) mass is 353 g/mol. The highest BCUT2D eigenvalue weighted by molar-refractivity contribution is 5.73. The summed E-state index contributed by atoms with van der Waals surface area (Å²) < 4.78 is 0. The zero-order valence-corrected chi connectivity index (χ0v) is 16.5. The lowest BCUT2D eigenvalue weighted by atomic mass is 10.1. The van der Waals surface area contributed by atoms with E-state index in [1.165, 1.54) is 89.9 Å². The van der Waals surface area contributed by atoms with Crippen LogP contribution in [0.2, 0.25) is 0 Å². The van der Waals surface area contributed by atoms with Gasteiger partial charge in [-0.05, 0) is 38.5 Å². The Balaban J connectivity index is 3.07. The van der Waals surface area contributed by atoms with Gasteiger partial charge in [-0.1, -0.05) is 82.8 Å². The minimum atomic E-state index is -0.164. The van der Waals surface area contributed by atoms with Gasteiger partial charge in [0, 0.05) is 13.0 Å². The third-order valence-corrected chi connectivity index (χ3v) is 4.74. The minimum Gasteiger partial charge on any atom is -0.396 e. The molecule has 148 valence electrons. The fraction of sp³-hybridized carbons (Fsp3) is 0.864. The Bertz CT molecular complexity index is 302. The highest BCUT2D eigenvalue weighted by Crippen LogP contribution is 2.12. The number of aliphatic hydroxyl groups excluding tert-OH is 1. The molecule has 3 N–H and O–H groups in total. The van der Waals surface area contributed by atoms with E-state index in [4.69, 9.17) is 10.8 Å². The quantitative estimate of drug-likeness (QED) is 0.207. The van der Waals surface area contributed by atoms with Crippen LogP contribution in [0.3, 0.4) is 0 Å². The van der Waals surface area contributed by atoms with Crippen molar-refractivity contribution in [1.29, 1.82) is 0 Å². The lowest BCUT2D eigenvalue weighted by Crippen LogP contribution is -2.09. The standard InChI is InChI=1S/C22H43NO2/c23-22(25)20-18-16-14-12-10-8-6-4-2-1-3-5-7-9-11-13-15-17-19-21-24/h3,5,24H,1-2,4,6-21H2,(H2,23,25)/b5-3-. The number of unbranched alkanes of at least 4 members (excludes halogenated alkanes) is 15. The summed E-state index contributed by atoms with van der Waals surface area (Å²) in [5.41, 5.74) is 5.12. The largest absolute Gasteiger partial charge is 0.396 e. The van der Waals surface area contributed by atoms with E-state index in [0.29, 0.717) is 13.0 Å². The molecule has 0 aliphatic rings. The van der Waals surface area contributed by atoms with Gasteiger partial charge in [0.2, 0.25) is 5.91 Å². The van der Waals surface area contributed by atoms with Crippen LogP contribution >= 0.6 is 0 Å². The van der Waals surface area contributed by atoms with Crippen LogP contribution in [0, 0.1) is 0 Å². The molecule has 0 saturated heterocycles. The molecule has 0 aromatic carbocycles. The first-order valence-electron chi connectivity index (χ1n) is 10.8. The van der Waals surface area contributed by atoms with E-state index >= 15 is 0 Å². The van der Waals surface area contributed by atoms with Crippen molar-refractivity contribution in [3.05, 3.63) is 12.2 Å². The predicted octanol–water partition coefficient (Wildman–Crippen LogP) is 6.04. The Morgan fingerprint density at radius 3 is 1.36 bits per heavy atom. The van der Waals surface area contributed by atoms with E-state index in [0.717, 1.165) is 19.3 Å². The van der Waals surface area contributed by atoms with Gasteiger partial charge in [0.05, 0.1) is 0 Å². The highest BCUT2D eigenvalue weighted by atomic mass is 16.2. The summed E-state index contributed by atoms with van der Waals surface area (Å²) >= 11 is 0. The average molecular weight is 354 g/mol. The molecule has 25 heavy (non-hydrogen) atoms. The maximum Gasteiger partial charge on any atom is 0.217 e. The molecule has 0 heterocycles. The van der Waals surface area contributed by atoms with Crippen molar-refractivity contribution < 1.29 is 9.90 Å². The number of carbonyl (C=O) groups is 1. The highest BCUT2D eigenvalue weighted by Gasteiger charge is 1.95. The molecule has 0 spiro atoms. The molecule has 0 atom stereocenters. The number of nitrogens with two attached hydrogens (primary N) is 1. The second-order valence-electron chi connectivity index (χ2n) is 7.29. The molecule has 0 unspecified atom stereocenters. The fourth-order valence-electron chi connectivity index (χ4n) is 3.12. The van der Waals surface area contributed by atoms with Gasteiger partial charge in [0.25, 0.3) is 0 Å². The molecule has 0 aliphatic heterocycles. The summed E-state index contributed by atoms with van der Waals surface area (Å²) in [5.74, 6) is -0.164. The van der Waals surface area contributed by atoms with Crippen LogP contribution in [0.25, 0.3) is 0 Å². The molecule has 1 amide bonds. The van der Waals surface area contributed by atoms with Crippen LogP contribution in [0.4, 0.5) is 0 Å². The fourth-order valence-corrected chi connectivity index (χ4v) is 3.12. The Labute approximate surface area is 156 Å². The Kier molecular flexibility index (Phi) is 20.5. The van der Waals surface area contributed by atoms with Gasteiger partial charge >= 0.3 is 0 Å². The summed E-state index contributed by atoms with van der Waals surface area (Å²) in [5, 5.41) is 8.70. The minimum absolute atomic E-state index is 0.164. The van der Waals surface area contributed by atoms with Crippen molar-refractivity contribution in [3.8, 4) is 0 Å². The van der Waals surface area contributed by atoms with E-state index in [9.17, 15) is 4.79 Å². The molecular weight excluding hydrogens is 310 g/mol. The number of hydrogen-bond donors (Lipinski definition) is 2.